The summed E-state index contributed by atoms with van der Waals surface area (Å²) in [6.45, 7) is 2.70. The van der Waals surface area contributed by atoms with E-state index in [4.69, 9.17) is 0 Å². The summed E-state index contributed by atoms with van der Waals surface area (Å²) in [6, 6.07) is 7.78. The monoisotopic (exact) mass is 276 g/mol. The van der Waals surface area contributed by atoms with Crippen LogP contribution in [0.5, 0.6) is 0 Å². The molecule has 0 aliphatic heterocycles. The molecule has 1 aromatic rings. The second-order valence-electron chi connectivity index (χ2n) is 5.62. The second kappa shape index (κ2) is 6.75. The van der Waals surface area contributed by atoms with E-state index < -0.39 is 0 Å². The summed E-state index contributed by atoms with van der Waals surface area (Å²) in [6.07, 6.45) is 3.62. The van der Waals surface area contributed by atoms with Crippen molar-refractivity contribution in [2.24, 2.45) is 5.92 Å². The third-order valence-electron chi connectivity index (χ3n) is 4.06. The second-order valence-corrected chi connectivity index (χ2v) is 5.62. The van der Waals surface area contributed by atoms with Gasteiger partial charge < -0.3 is 15.3 Å². The Labute approximate surface area is 120 Å². The zero-order chi connectivity index (χ0) is 14.5. The molecule has 0 heterocycles. The lowest BCUT2D eigenvalue weighted by Gasteiger charge is -2.23. The molecule has 0 aromatic heterocycles. The van der Waals surface area contributed by atoms with Crippen LogP contribution in [0, 0.1) is 5.92 Å². The zero-order valence-electron chi connectivity index (χ0n) is 12.3. The molecule has 1 saturated carbocycles. The minimum absolute atomic E-state index is 0.114. The summed E-state index contributed by atoms with van der Waals surface area (Å²) in [5.74, 6) is 0.215. The predicted molar refractivity (Wildman–Crippen MR) is 80.8 cm³/mol. The van der Waals surface area contributed by atoms with Crippen LogP contribution >= 0.6 is 0 Å². The highest BCUT2D eigenvalue weighted by atomic mass is 16.3. The maximum Gasteiger partial charge on any atom is 0.321 e. The number of aryl methyl sites for hydroxylation is 1. The van der Waals surface area contributed by atoms with Crippen LogP contribution in [0.2, 0.25) is 0 Å². The third-order valence-corrected chi connectivity index (χ3v) is 4.06. The normalized spacial score (nSPS) is 21.8. The van der Waals surface area contributed by atoms with Gasteiger partial charge >= 0.3 is 6.03 Å². The van der Waals surface area contributed by atoms with Gasteiger partial charge in [0, 0.05) is 25.2 Å². The maximum atomic E-state index is 12.1. The molecular weight excluding hydrogens is 252 g/mol. The fraction of sp³-hybridized carbons (Fsp3) is 0.562. The van der Waals surface area contributed by atoms with E-state index in [1.54, 1.807) is 11.9 Å². The summed E-state index contributed by atoms with van der Waals surface area (Å²) >= 11 is 0. The van der Waals surface area contributed by atoms with Crippen LogP contribution in [-0.2, 0) is 6.42 Å². The molecular formula is C16H24N2O2. The SMILES string of the molecule is CCc1cccc(NC(=O)N(C)CC2CCCC2O)c1. The first-order valence-corrected chi connectivity index (χ1v) is 7.39. The van der Waals surface area contributed by atoms with Gasteiger partial charge in [-0.15, -0.1) is 0 Å². The molecule has 0 spiro atoms. The summed E-state index contributed by atoms with van der Waals surface area (Å²) in [7, 11) is 1.78. The minimum Gasteiger partial charge on any atom is -0.393 e. The molecule has 2 amide bonds. The number of carbonyl (C=O) groups is 1. The molecule has 1 aromatic carbocycles. The van der Waals surface area contributed by atoms with Gasteiger partial charge in [0.05, 0.1) is 6.10 Å². The molecule has 2 atom stereocenters. The molecule has 20 heavy (non-hydrogen) atoms. The summed E-state index contributed by atoms with van der Waals surface area (Å²) in [5, 5.41) is 12.7. The van der Waals surface area contributed by atoms with Crippen molar-refractivity contribution >= 4 is 11.7 Å². The zero-order valence-corrected chi connectivity index (χ0v) is 12.3. The summed E-state index contributed by atoms with van der Waals surface area (Å²) in [4.78, 5) is 13.8. The van der Waals surface area contributed by atoms with E-state index in [1.165, 1.54) is 5.56 Å². The topological polar surface area (TPSA) is 52.6 Å². The fourth-order valence-corrected chi connectivity index (χ4v) is 2.75. The molecule has 0 bridgehead atoms. The number of urea groups is 1. The lowest BCUT2D eigenvalue weighted by molar-refractivity contribution is 0.116. The number of nitrogens with one attached hydrogen (secondary N) is 1. The number of hydrogen-bond donors (Lipinski definition) is 2. The van der Waals surface area contributed by atoms with Crippen molar-refractivity contribution in [3.05, 3.63) is 29.8 Å². The molecule has 2 N–H and O–H groups in total. The summed E-state index contributed by atoms with van der Waals surface area (Å²) < 4.78 is 0. The first-order chi connectivity index (χ1) is 9.60. The van der Waals surface area contributed by atoms with Gasteiger partial charge in [0.1, 0.15) is 0 Å². The Balaban J connectivity index is 1.90. The van der Waals surface area contributed by atoms with E-state index in [2.05, 4.69) is 12.2 Å². The first kappa shape index (κ1) is 14.9. The van der Waals surface area contributed by atoms with E-state index in [-0.39, 0.29) is 18.1 Å². The number of benzene rings is 1. The lowest BCUT2D eigenvalue weighted by atomic mass is 10.1. The van der Waals surface area contributed by atoms with Gasteiger partial charge in [0.2, 0.25) is 0 Å². The van der Waals surface area contributed by atoms with Crippen molar-refractivity contribution in [1.29, 1.82) is 0 Å². The van der Waals surface area contributed by atoms with Gasteiger partial charge in [0.15, 0.2) is 0 Å². The highest BCUT2D eigenvalue weighted by molar-refractivity contribution is 5.89. The molecule has 1 aliphatic carbocycles. The van der Waals surface area contributed by atoms with E-state index in [0.717, 1.165) is 31.4 Å². The van der Waals surface area contributed by atoms with E-state index in [1.807, 2.05) is 24.3 Å². The summed E-state index contributed by atoms with van der Waals surface area (Å²) in [5.41, 5.74) is 2.03. The quantitative estimate of drug-likeness (QED) is 0.888. The van der Waals surface area contributed by atoms with Crippen molar-refractivity contribution in [3.63, 3.8) is 0 Å². The van der Waals surface area contributed by atoms with Crippen LogP contribution in [-0.4, -0.2) is 35.7 Å². The molecule has 2 rings (SSSR count). The van der Waals surface area contributed by atoms with Gasteiger partial charge in [-0.2, -0.15) is 0 Å². The number of amides is 2. The Morgan fingerprint density at radius 2 is 2.25 bits per heavy atom. The number of anilines is 1. The van der Waals surface area contributed by atoms with Crippen LogP contribution < -0.4 is 5.32 Å². The van der Waals surface area contributed by atoms with Crippen LogP contribution in [0.15, 0.2) is 24.3 Å². The predicted octanol–water partition coefficient (Wildman–Crippen LogP) is 2.87. The molecule has 1 fully saturated rings. The average Bonchev–Trinajstić information content (AvgIpc) is 2.84. The van der Waals surface area contributed by atoms with Gasteiger partial charge in [-0.05, 0) is 37.0 Å². The number of aliphatic hydroxyl groups is 1. The van der Waals surface area contributed by atoms with Gasteiger partial charge in [0.25, 0.3) is 0 Å². The largest absolute Gasteiger partial charge is 0.393 e. The lowest BCUT2D eigenvalue weighted by Crippen LogP contribution is -2.37. The Kier molecular flexibility index (Phi) is 5.01. The molecule has 0 saturated heterocycles. The molecule has 110 valence electrons. The molecule has 0 radical (unpaired) electrons. The van der Waals surface area contributed by atoms with Crippen LogP contribution in [0.25, 0.3) is 0 Å². The highest BCUT2D eigenvalue weighted by Gasteiger charge is 2.27. The van der Waals surface area contributed by atoms with Gasteiger partial charge in [-0.25, -0.2) is 4.79 Å². The van der Waals surface area contributed by atoms with Crippen LogP contribution in [0.1, 0.15) is 31.7 Å². The molecule has 4 nitrogen and oxygen atoms in total. The van der Waals surface area contributed by atoms with E-state index >= 15 is 0 Å². The molecule has 2 unspecified atom stereocenters. The number of rotatable bonds is 4. The standard InChI is InChI=1S/C16H24N2O2/c1-3-12-6-4-8-14(10-12)17-16(20)18(2)11-13-7-5-9-15(13)19/h4,6,8,10,13,15,19H,3,5,7,9,11H2,1-2H3,(H,17,20). The Morgan fingerprint density at radius 1 is 1.45 bits per heavy atom. The van der Waals surface area contributed by atoms with Gasteiger partial charge in [-0.1, -0.05) is 25.5 Å². The fourth-order valence-electron chi connectivity index (χ4n) is 2.75. The van der Waals surface area contributed by atoms with Crippen molar-refractivity contribution in [1.82, 2.24) is 4.90 Å². The van der Waals surface area contributed by atoms with Crippen LogP contribution in [0.4, 0.5) is 10.5 Å². The van der Waals surface area contributed by atoms with E-state index in [9.17, 15) is 9.90 Å². The van der Waals surface area contributed by atoms with Gasteiger partial charge in [-0.3, -0.25) is 0 Å². The van der Waals surface area contributed by atoms with Crippen molar-refractivity contribution in [2.45, 2.75) is 38.7 Å². The Bertz CT molecular complexity index is 462. The van der Waals surface area contributed by atoms with Crippen LogP contribution in [0.3, 0.4) is 0 Å². The third kappa shape index (κ3) is 3.73. The van der Waals surface area contributed by atoms with Crippen molar-refractivity contribution in [2.75, 3.05) is 18.9 Å². The van der Waals surface area contributed by atoms with Crippen molar-refractivity contribution < 1.29 is 9.90 Å². The highest BCUT2D eigenvalue weighted by Crippen LogP contribution is 2.26. The Hall–Kier alpha value is -1.55. The van der Waals surface area contributed by atoms with Crippen molar-refractivity contribution in [3.8, 4) is 0 Å². The smallest absolute Gasteiger partial charge is 0.321 e. The Morgan fingerprint density at radius 3 is 2.90 bits per heavy atom. The first-order valence-electron chi connectivity index (χ1n) is 7.39. The number of carbonyl (C=O) groups excluding carboxylic acids is 1. The number of aliphatic hydroxyl groups excluding tert-OH is 1. The van der Waals surface area contributed by atoms with E-state index in [0.29, 0.717) is 6.54 Å². The average molecular weight is 276 g/mol. The number of nitrogens with zero attached hydrogens (tertiary/aromatic N) is 1. The molecule has 1 aliphatic rings. The minimum atomic E-state index is -0.256. The maximum absolute atomic E-state index is 12.1. The number of hydrogen-bond acceptors (Lipinski definition) is 2. The molecule has 4 heteroatoms.